The Morgan fingerprint density at radius 3 is 2.44 bits per heavy atom. The summed E-state index contributed by atoms with van der Waals surface area (Å²) in [6.07, 6.45) is 0. The Kier molecular flexibility index (Phi) is 4.86. The minimum absolute atomic E-state index is 0.113. The topological polar surface area (TPSA) is 83.7 Å². The summed E-state index contributed by atoms with van der Waals surface area (Å²) in [5.74, 6) is 0.117. The normalized spacial score (nSPS) is 16.2. The zero-order valence-electron chi connectivity index (χ0n) is 13.9. The fraction of sp³-hybridized carbons (Fsp3) is 0.375. The van der Waals surface area contributed by atoms with Crippen LogP contribution in [0.4, 0.5) is 0 Å². The molecule has 9 heteroatoms. The molecule has 0 unspecified atom stereocenters. The van der Waals surface area contributed by atoms with Crippen molar-refractivity contribution in [2.24, 2.45) is 0 Å². The van der Waals surface area contributed by atoms with Gasteiger partial charge in [-0.05, 0) is 32.0 Å². The zero-order valence-corrected chi connectivity index (χ0v) is 15.5. The first-order chi connectivity index (χ1) is 11.8. The standard InChI is InChI=1S/C16H18ClN3O4S/c1-11-15(12(2)24-18-11)25(22,23)20-8-6-19(7-9-20)16(21)13-4-3-5-14(17)10-13/h3-5,10H,6-9H2,1-2H3. The molecule has 0 N–H and O–H groups in total. The third kappa shape index (κ3) is 3.42. The summed E-state index contributed by atoms with van der Waals surface area (Å²) in [4.78, 5) is 14.3. The summed E-state index contributed by atoms with van der Waals surface area (Å²) >= 11 is 5.92. The predicted molar refractivity (Wildman–Crippen MR) is 92.1 cm³/mol. The quantitative estimate of drug-likeness (QED) is 0.810. The van der Waals surface area contributed by atoms with Gasteiger partial charge in [0.25, 0.3) is 5.91 Å². The average molecular weight is 384 g/mol. The molecular formula is C16H18ClN3O4S. The first kappa shape index (κ1) is 17.9. The number of benzene rings is 1. The van der Waals surface area contributed by atoms with Crippen LogP contribution in [0.3, 0.4) is 0 Å². The summed E-state index contributed by atoms with van der Waals surface area (Å²) in [6, 6.07) is 6.72. The maximum Gasteiger partial charge on any atom is 0.253 e. The lowest BCUT2D eigenvalue weighted by Gasteiger charge is -2.34. The van der Waals surface area contributed by atoms with Crippen LogP contribution in [0.5, 0.6) is 0 Å². The molecule has 0 atom stereocenters. The van der Waals surface area contributed by atoms with Crippen LogP contribution in [0.15, 0.2) is 33.7 Å². The molecule has 2 aromatic rings. The van der Waals surface area contributed by atoms with E-state index in [2.05, 4.69) is 5.16 Å². The molecule has 0 spiro atoms. The highest BCUT2D eigenvalue weighted by Crippen LogP contribution is 2.24. The molecule has 1 amide bonds. The van der Waals surface area contributed by atoms with Crippen molar-refractivity contribution in [2.45, 2.75) is 18.7 Å². The molecule has 1 aliphatic rings. The smallest absolute Gasteiger partial charge is 0.253 e. The van der Waals surface area contributed by atoms with Crippen molar-refractivity contribution < 1.29 is 17.7 Å². The summed E-state index contributed by atoms with van der Waals surface area (Å²) in [6.45, 7) is 4.24. The van der Waals surface area contributed by atoms with Gasteiger partial charge < -0.3 is 9.42 Å². The van der Waals surface area contributed by atoms with Crippen molar-refractivity contribution in [2.75, 3.05) is 26.2 Å². The van der Waals surface area contributed by atoms with Gasteiger partial charge in [-0.1, -0.05) is 22.8 Å². The van der Waals surface area contributed by atoms with Crippen molar-refractivity contribution >= 4 is 27.5 Å². The second kappa shape index (κ2) is 6.78. The van der Waals surface area contributed by atoms with Gasteiger partial charge in [-0.2, -0.15) is 4.31 Å². The molecule has 2 heterocycles. The lowest BCUT2D eigenvalue weighted by atomic mass is 10.2. The molecule has 134 valence electrons. The fourth-order valence-electron chi connectivity index (χ4n) is 2.91. The largest absolute Gasteiger partial charge is 0.360 e. The van der Waals surface area contributed by atoms with Gasteiger partial charge in [0.15, 0.2) is 5.76 Å². The number of sulfonamides is 1. The molecule has 0 saturated carbocycles. The van der Waals surface area contributed by atoms with Crippen LogP contribution in [-0.2, 0) is 10.0 Å². The number of amides is 1. The van der Waals surface area contributed by atoms with E-state index in [1.807, 2.05) is 0 Å². The monoisotopic (exact) mass is 383 g/mol. The number of aromatic nitrogens is 1. The molecule has 1 aliphatic heterocycles. The maximum absolute atomic E-state index is 12.8. The van der Waals surface area contributed by atoms with E-state index in [0.29, 0.717) is 29.4 Å². The Morgan fingerprint density at radius 1 is 1.20 bits per heavy atom. The highest BCUT2D eigenvalue weighted by molar-refractivity contribution is 7.89. The van der Waals surface area contributed by atoms with Gasteiger partial charge in [0.2, 0.25) is 10.0 Å². The molecule has 1 fully saturated rings. The number of piperazine rings is 1. The summed E-state index contributed by atoms with van der Waals surface area (Å²) in [7, 11) is -3.68. The van der Waals surface area contributed by atoms with Gasteiger partial charge in [0, 0.05) is 36.8 Å². The Balaban J connectivity index is 1.73. The van der Waals surface area contributed by atoms with Crippen molar-refractivity contribution in [3.8, 4) is 0 Å². The Bertz CT molecular complexity index is 882. The van der Waals surface area contributed by atoms with Gasteiger partial charge >= 0.3 is 0 Å². The van der Waals surface area contributed by atoms with E-state index in [1.54, 1.807) is 43.0 Å². The zero-order chi connectivity index (χ0) is 18.2. The van der Waals surface area contributed by atoms with Gasteiger partial charge in [-0.25, -0.2) is 8.42 Å². The molecule has 3 rings (SSSR count). The van der Waals surface area contributed by atoms with Crippen molar-refractivity contribution in [1.29, 1.82) is 0 Å². The average Bonchev–Trinajstić information content (AvgIpc) is 2.93. The molecule has 1 aromatic carbocycles. The molecule has 25 heavy (non-hydrogen) atoms. The van der Waals surface area contributed by atoms with Crippen molar-refractivity contribution in [3.63, 3.8) is 0 Å². The van der Waals surface area contributed by atoms with E-state index in [0.717, 1.165) is 0 Å². The Morgan fingerprint density at radius 2 is 1.88 bits per heavy atom. The summed E-state index contributed by atoms with van der Waals surface area (Å²) in [5.41, 5.74) is 0.837. The van der Waals surface area contributed by atoms with Crippen LogP contribution >= 0.6 is 11.6 Å². The highest BCUT2D eigenvalue weighted by atomic mass is 35.5. The number of hydrogen-bond donors (Lipinski definition) is 0. The molecule has 0 aliphatic carbocycles. The molecule has 1 aromatic heterocycles. The molecule has 0 radical (unpaired) electrons. The maximum atomic E-state index is 12.8. The minimum atomic E-state index is -3.68. The second-order valence-corrected chi connectivity index (χ2v) is 8.17. The Hall–Kier alpha value is -1.90. The highest BCUT2D eigenvalue weighted by Gasteiger charge is 2.34. The van der Waals surface area contributed by atoms with E-state index < -0.39 is 10.0 Å². The van der Waals surface area contributed by atoms with Crippen LogP contribution in [0.25, 0.3) is 0 Å². The van der Waals surface area contributed by atoms with Gasteiger partial charge in [0.05, 0.1) is 0 Å². The molecule has 7 nitrogen and oxygen atoms in total. The fourth-order valence-corrected chi connectivity index (χ4v) is 4.81. The minimum Gasteiger partial charge on any atom is -0.360 e. The molecule has 1 saturated heterocycles. The van der Waals surface area contributed by atoms with E-state index in [4.69, 9.17) is 16.1 Å². The number of aryl methyl sites for hydroxylation is 2. The van der Waals surface area contributed by atoms with E-state index in [1.165, 1.54) is 4.31 Å². The van der Waals surface area contributed by atoms with Crippen molar-refractivity contribution in [3.05, 3.63) is 46.3 Å². The SMILES string of the molecule is Cc1noc(C)c1S(=O)(=O)N1CCN(C(=O)c2cccc(Cl)c2)CC1. The third-order valence-corrected chi connectivity index (χ3v) is 6.54. The van der Waals surface area contributed by atoms with E-state index >= 15 is 0 Å². The number of carbonyl (C=O) groups is 1. The van der Waals surface area contributed by atoms with Gasteiger partial charge in [0.1, 0.15) is 10.6 Å². The van der Waals surface area contributed by atoms with Crippen LogP contribution in [0.1, 0.15) is 21.8 Å². The van der Waals surface area contributed by atoms with Crippen LogP contribution < -0.4 is 0 Å². The molecule has 0 bridgehead atoms. The lowest BCUT2D eigenvalue weighted by Crippen LogP contribution is -2.50. The number of hydrogen-bond acceptors (Lipinski definition) is 5. The third-order valence-electron chi connectivity index (χ3n) is 4.16. The summed E-state index contributed by atoms with van der Waals surface area (Å²) in [5, 5.41) is 4.20. The number of nitrogens with zero attached hydrogens (tertiary/aromatic N) is 3. The number of halogens is 1. The first-order valence-electron chi connectivity index (χ1n) is 7.78. The molecular weight excluding hydrogens is 366 g/mol. The van der Waals surface area contributed by atoms with Crippen LogP contribution in [0, 0.1) is 13.8 Å². The Labute approximate surface area is 151 Å². The van der Waals surface area contributed by atoms with Gasteiger partial charge in [-0.3, -0.25) is 4.79 Å². The van der Waals surface area contributed by atoms with Crippen molar-refractivity contribution in [1.82, 2.24) is 14.4 Å². The second-order valence-electron chi connectivity index (χ2n) is 5.86. The van der Waals surface area contributed by atoms with Crippen LogP contribution in [-0.4, -0.2) is 54.9 Å². The predicted octanol–water partition coefficient (Wildman–Crippen LogP) is 2.09. The van der Waals surface area contributed by atoms with Crippen LogP contribution in [0.2, 0.25) is 5.02 Å². The number of carbonyl (C=O) groups excluding carboxylic acids is 1. The lowest BCUT2D eigenvalue weighted by molar-refractivity contribution is 0.0698. The van der Waals surface area contributed by atoms with E-state index in [-0.39, 0.29) is 29.7 Å². The first-order valence-corrected chi connectivity index (χ1v) is 9.60. The van der Waals surface area contributed by atoms with E-state index in [9.17, 15) is 13.2 Å². The van der Waals surface area contributed by atoms with Gasteiger partial charge in [-0.15, -0.1) is 0 Å². The summed E-state index contributed by atoms with van der Waals surface area (Å²) < 4.78 is 31.9. The number of rotatable bonds is 3.